The van der Waals surface area contributed by atoms with Crippen LogP contribution in [0.25, 0.3) is 0 Å². The number of anilines is 1. The average molecular weight is 277 g/mol. The van der Waals surface area contributed by atoms with Crippen molar-refractivity contribution in [3.8, 4) is 0 Å². The normalized spacial score (nSPS) is 22.7. The monoisotopic (exact) mass is 277 g/mol. The van der Waals surface area contributed by atoms with E-state index in [0.717, 1.165) is 17.9 Å². The van der Waals surface area contributed by atoms with Crippen LogP contribution in [0, 0.1) is 6.92 Å². The summed E-state index contributed by atoms with van der Waals surface area (Å²) in [7, 11) is 1.81. The van der Waals surface area contributed by atoms with Gasteiger partial charge in [-0.2, -0.15) is 0 Å². The van der Waals surface area contributed by atoms with Gasteiger partial charge in [-0.1, -0.05) is 6.92 Å². The van der Waals surface area contributed by atoms with Crippen molar-refractivity contribution < 1.29 is 9.53 Å². The summed E-state index contributed by atoms with van der Waals surface area (Å²) >= 11 is 0. The van der Waals surface area contributed by atoms with Gasteiger partial charge in [0.2, 0.25) is 0 Å². The first-order chi connectivity index (χ1) is 9.55. The van der Waals surface area contributed by atoms with Crippen LogP contribution in [0.5, 0.6) is 0 Å². The van der Waals surface area contributed by atoms with Gasteiger partial charge in [0.05, 0.1) is 18.8 Å². The lowest BCUT2D eigenvalue weighted by Gasteiger charge is -2.38. The maximum atomic E-state index is 12.7. The number of aromatic nitrogens is 1. The van der Waals surface area contributed by atoms with Crippen LogP contribution in [0.2, 0.25) is 0 Å². The van der Waals surface area contributed by atoms with E-state index in [-0.39, 0.29) is 18.1 Å². The standard InChI is InChI=1S/C15H23N3O2/c1-5-13-9-20-11(3)8-18(13)15(19)12-6-10(2)17-14(7-12)16-4/h6-7,11,13H,5,8-9H2,1-4H3,(H,16,17). The molecule has 20 heavy (non-hydrogen) atoms. The summed E-state index contributed by atoms with van der Waals surface area (Å²) in [6, 6.07) is 3.81. The lowest BCUT2D eigenvalue weighted by molar-refractivity contribution is -0.0444. The molecule has 2 unspecified atom stereocenters. The highest BCUT2D eigenvalue weighted by molar-refractivity contribution is 5.95. The van der Waals surface area contributed by atoms with Gasteiger partial charge in [0.1, 0.15) is 5.82 Å². The third-order valence-electron chi connectivity index (χ3n) is 3.66. The van der Waals surface area contributed by atoms with Crippen LogP contribution in [0.3, 0.4) is 0 Å². The van der Waals surface area contributed by atoms with Gasteiger partial charge in [-0.25, -0.2) is 4.98 Å². The molecule has 5 heteroatoms. The number of ether oxygens (including phenoxy) is 1. The molecule has 0 radical (unpaired) electrons. The molecular formula is C15H23N3O2. The van der Waals surface area contributed by atoms with Gasteiger partial charge < -0.3 is 15.0 Å². The minimum absolute atomic E-state index is 0.0639. The molecule has 0 aliphatic carbocycles. The number of morpholine rings is 1. The average Bonchev–Trinajstić information content (AvgIpc) is 2.45. The second-order valence-electron chi connectivity index (χ2n) is 5.30. The number of nitrogens with zero attached hydrogens (tertiary/aromatic N) is 2. The zero-order chi connectivity index (χ0) is 14.7. The van der Waals surface area contributed by atoms with Crippen LogP contribution in [-0.2, 0) is 4.74 Å². The van der Waals surface area contributed by atoms with Crippen LogP contribution >= 0.6 is 0 Å². The Hall–Kier alpha value is -1.62. The molecule has 0 spiro atoms. The molecule has 1 N–H and O–H groups in total. The molecule has 0 aromatic carbocycles. The minimum Gasteiger partial charge on any atom is -0.375 e. The Morgan fingerprint density at radius 2 is 2.30 bits per heavy atom. The molecule has 1 aliphatic rings. The Bertz CT molecular complexity index is 490. The van der Waals surface area contributed by atoms with Crippen LogP contribution in [0.15, 0.2) is 12.1 Å². The fourth-order valence-corrected chi connectivity index (χ4v) is 2.52. The van der Waals surface area contributed by atoms with Crippen LogP contribution < -0.4 is 5.32 Å². The zero-order valence-electron chi connectivity index (χ0n) is 12.6. The predicted octanol–water partition coefficient (Wildman–Crippen LogP) is 2.07. The molecule has 110 valence electrons. The summed E-state index contributed by atoms with van der Waals surface area (Å²) in [5.74, 6) is 0.789. The summed E-state index contributed by atoms with van der Waals surface area (Å²) in [6.45, 7) is 7.25. The topological polar surface area (TPSA) is 54.5 Å². The van der Waals surface area contributed by atoms with Gasteiger partial charge >= 0.3 is 0 Å². The van der Waals surface area contributed by atoms with Gasteiger partial charge in [0.15, 0.2) is 0 Å². The van der Waals surface area contributed by atoms with E-state index >= 15 is 0 Å². The van der Waals surface area contributed by atoms with E-state index in [1.165, 1.54) is 0 Å². The first-order valence-electron chi connectivity index (χ1n) is 7.14. The molecule has 2 atom stereocenters. The van der Waals surface area contributed by atoms with E-state index in [1.54, 1.807) is 0 Å². The third-order valence-corrected chi connectivity index (χ3v) is 3.66. The molecular weight excluding hydrogens is 254 g/mol. The largest absolute Gasteiger partial charge is 0.375 e. The highest BCUT2D eigenvalue weighted by Crippen LogP contribution is 2.19. The second-order valence-corrected chi connectivity index (χ2v) is 5.30. The van der Waals surface area contributed by atoms with Gasteiger partial charge in [-0.05, 0) is 32.4 Å². The van der Waals surface area contributed by atoms with Crippen molar-refractivity contribution in [1.82, 2.24) is 9.88 Å². The van der Waals surface area contributed by atoms with E-state index in [2.05, 4.69) is 17.2 Å². The highest BCUT2D eigenvalue weighted by Gasteiger charge is 2.30. The van der Waals surface area contributed by atoms with Crippen LogP contribution in [0.4, 0.5) is 5.82 Å². The lowest BCUT2D eigenvalue weighted by atomic mass is 10.1. The molecule has 0 bridgehead atoms. The number of aryl methyl sites for hydroxylation is 1. The Balaban J connectivity index is 2.26. The van der Waals surface area contributed by atoms with Crippen molar-refractivity contribution in [2.24, 2.45) is 0 Å². The first-order valence-corrected chi connectivity index (χ1v) is 7.14. The number of hydrogen-bond donors (Lipinski definition) is 1. The van der Waals surface area contributed by atoms with E-state index in [1.807, 2.05) is 37.9 Å². The quantitative estimate of drug-likeness (QED) is 0.919. The lowest BCUT2D eigenvalue weighted by Crippen LogP contribution is -2.51. The number of carbonyl (C=O) groups is 1. The number of rotatable bonds is 3. The molecule has 0 saturated carbocycles. The van der Waals surface area contributed by atoms with Crippen molar-refractivity contribution in [2.45, 2.75) is 39.3 Å². The van der Waals surface area contributed by atoms with E-state index < -0.39 is 0 Å². The van der Waals surface area contributed by atoms with Crippen molar-refractivity contribution in [3.63, 3.8) is 0 Å². The molecule has 1 amide bonds. The Labute approximate surface area is 120 Å². The van der Waals surface area contributed by atoms with E-state index in [9.17, 15) is 4.79 Å². The summed E-state index contributed by atoms with van der Waals surface area (Å²) in [5.41, 5.74) is 1.53. The molecule has 1 aliphatic heterocycles. The Morgan fingerprint density at radius 3 is 2.95 bits per heavy atom. The number of nitrogens with one attached hydrogen (secondary N) is 1. The molecule has 2 rings (SSSR count). The predicted molar refractivity (Wildman–Crippen MR) is 79.1 cm³/mol. The smallest absolute Gasteiger partial charge is 0.254 e. The van der Waals surface area contributed by atoms with Gasteiger partial charge in [-0.15, -0.1) is 0 Å². The maximum absolute atomic E-state index is 12.7. The zero-order valence-corrected chi connectivity index (χ0v) is 12.6. The Kier molecular flexibility index (Phi) is 4.60. The van der Waals surface area contributed by atoms with Crippen LogP contribution in [0.1, 0.15) is 36.3 Å². The molecule has 2 heterocycles. The van der Waals surface area contributed by atoms with Crippen molar-refractivity contribution in [1.29, 1.82) is 0 Å². The van der Waals surface area contributed by atoms with Crippen molar-refractivity contribution >= 4 is 11.7 Å². The molecule has 1 fully saturated rings. The molecule has 1 aromatic heterocycles. The number of carbonyl (C=O) groups excluding carboxylic acids is 1. The van der Waals surface area contributed by atoms with Gasteiger partial charge in [0, 0.05) is 24.8 Å². The van der Waals surface area contributed by atoms with Gasteiger partial charge in [0.25, 0.3) is 5.91 Å². The summed E-state index contributed by atoms with van der Waals surface area (Å²) < 4.78 is 5.65. The fourth-order valence-electron chi connectivity index (χ4n) is 2.52. The highest BCUT2D eigenvalue weighted by atomic mass is 16.5. The van der Waals surface area contributed by atoms with Crippen LogP contribution in [-0.4, -0.2) is 48.1 Å². The number of hydrogen-bond acceptors (Lipinski definition) is 4. The first kappa shape index (κ1) is 14.8. The third kappa shape index (κ3) is 3.10. The summed E-state index contributed by atoms with van der Waals surface area (Å²) in [5, 5.41) is 2.99. The molecule has 1 aromatic rings. The Morgan fingerprint density at radius 1 is 1.55 bits per heavy atom. The number of pyridine rings is 1. The SMILES string of the molecule is CCC1COC(C)CN1C(=O)c1cc(C)nc(NC)c1. The van der Waals surface area contributed by atoms with E-state index in [0.29, 0.717) is 18.7 Å². The van der Waals surface area contributed by atoms with Gasteiger partial charge in [-0.3, -0.25) is 4.79 Å². The van der Waals surface area contributed by atoms with E-state index in [4.69, 9.17) is 4.74 Å². The summed E-state index contributed by atoms with van der Waals surface area (Å²) in [6.07, 6.45) is 0.995. The second kappa shape index (κ2) is 6.22. The minimum atomic E-state index is 0.0639. The van der Waals surface area contributed by atoms with Crippen molar-refractivity contribution in [2.75, 3.05) is 25.5 Å². The molecule has 5 nitrogen and oxygen atoms in total. The maximum Gasteiger partial charge on any atom is 0.254 e. The number of amides is 1. The molecule has 1 saturated heterocycles. The summed E-state index contributed by atoms with van der Waals surface area (Å²) in [4.78, 5) is 19.0. The van der Waals surface area contributed by atoms with Crippen molar-refractivity contribution in [3.05, 3.63) is 23.4 Å². The fraction of sp³-hybridized carbons (Fsp3) is 0.600.